The van der Waals surface area contributed by atoms with Crippen LogP contribution in [0.15, 0.2) is 12.7 Å². The number of nitrogens with zero attached hydrogens (tertiary/aromatic N) is 2. The van der Waals surface area contributed by atoms with E-state index in [9.17, 15) is 19.5 Å². The molecule has 0 radical (unpaired) electrons. The summed E-state index contributed by atoms with van der Waals surface area (Å²) in [6.45, 7) is 10.6. The summed E-state index contributed by atoms with van der Waals surface area (Å²) in [6, 6.07) is -0.863. The lowest BCUT2D eigenvalue weighted by Crippen LogP contribution is -2.58. The predicted octanol–water partition coefficient (Wildman–Crippen LogP) is 2.59. The standard InChI is InChI=1S/C25H40N2O6/c1-5-11-17(4)26(14-6-2)22(30)20-25-13-12-24(7-3,33-25)19(23(31)32)18(25)21(29)27(20)15-9-8-10-16-28/h6,17-20,28H,2,5,7-16H2,1,3-4H3,(H,31,32)/t17?,18-,19+,20?,24-,25?/m0/s1. The second kappa shape index (κ2) is 10.1. The molecule has 3 unspecified atom stereocenters. The summed E-state index contributed by atoms with van der Waals surface area (Å²) < 4.78 is 6.57. The molecule has 3 aliphatic heterocycles. The molecule has 33 heavy (non-hydrogen) atoms. The zero-order valence-electron chi connectivity index (χ0n) is 20.3. The van der Waals surface area contributed by atoms with Gasteiger partial charge in [0.05, 0.1) is 11.5 Å². The molecule has 0 saturated carbocycles. The molecule has 2 amide bonds. The number of carbonyl (C=O) groups is 3. The van der Waals surface area contributed by atoms with Crippen molar-refractivity contribution < 1.29 is 29.3 Å². The van der Waals surface area contributed by atoms with Crippen LogP contribution >= 0.6 is 0 Å². The Bertz CT molecular complexity index is 772. The number of aliphatic carboxylic acids is 1. The predicted molar refractivity (Wildman–Crippen MR) is 123 cm³/mol. The summed E-state index contributed by atoms with van der Waals surface area (Å²) in [5, 5.41) is 19.2. The number of hydrogen-bond acceptors (Lipinski definition) is 5. The van der Waals surface area contributed by atoms with E-state index in [1.54, 1.807) is 15.9 Å². The Balaban J connectivity index is 2.03. The van der Waals surface area contributed by atoms with Crippen LogP contribution in [0.5, 0.6) is 0 Å². The fraction of sp³-hybridized carbons (Fsp3) is 0.800. The zero-order chi connectivity index (χ0) is 24.4. The van der Waals surface area contributed by atoms with Crippen LogP contribution in [0.4, 0.5) is 0 Å². The molecule has 3 rings (SSSR count). The van der Waals surface area contributed by atoms with Crippen molar-refractivity contribution in [1.29, 1.82) is 0 Å². The Morgan fingerprint density at radius 3 is 2.61 bits per heavy atom. The molecule has 1 spiro atoms. The van der Waals surface area contributed by atoms with Crippen LogP contribution in [-0.4, -0.2) is 80.8 Å². The van der Waals surface area contributed by atoms with Gasteiger partial charge in [-0.2, -0.15) is 0 Å². The third-order valence-electron chi connectivity index (χ3n) is 8.09. The van der Waals surface area contributed by atoms with Gasteiger partial charge in [-0.25, -0.2) is 0 Å². The first-order valence-electron chi connectivity index (χ1n) is 12.5. The van der Waals surface area contributed by atoms with Gasteiger partial charge in [0.2, 0.25) is 11.8 Å². The number of hydrogen-bond donors (Lipinski definition) is 2. The Hall–Kier alpha value is -1.93. The first-order chi connectivity index (χ1) is 15.7. The molecule has 8 nitrogen and oxygen atoms in total. The summed E-state index contributed by atoms with van der Waals surface area (Å²) in [5.41, 5.74) is -2.00. The van der Waals surface area contributed by atoms with Gasteiger partial charge in [-0.1, -0.05) is 26.3 Å². The number of carboxylic acid groups (broad SMARTS) is 1. The van der Waals surface area contributed by atoms with Crippen LogP contribution in [0.2, 0.25) is 0 Å². The van der Waals surface area contributed by atoms with Gasteiger partial charge in [0.25, 0.3) is 0 Å². The third kappa shape index (κ3) is 4.09. The highest BCUT2D eigenvalue weighted by molar-refractivity contribution is 5.98. The summed E-state index contributed by atoms with van der Waals surface area (Å²) in [6.07, 6.45) is 6.97. The van der Waals surface area contributed by atoms with E-state index in [-0.39, 0.29) is 24.5 Å². The second-order valence-electron chi connectivity index (χ2n) is 9.90. The maximum absolute atomic E-state index is 14.1. The van der Waals surface area contributed by atoms with Gasteiger partial charge in [0, 0.05) is 25.7 Å². The minimum atomic E-state index is -1.10. The van der Waals surface area contributed by atoms with E-state index in [2.05, 4.69) is 13.5 Å². The third-order valence-corrected chi connectivity index (χ3v) is 8.09. The van der Waals surface area contributed by atoms with E-state index in [1.807, 2.05) is 13.8 Å². The number of unbranched alkanes of at least 4 members (excludes halogenated alkanes) is 2. The van der Waals surface area contributed by atoms with Gasteiger partial charge >= 0.3 is 5.97 Å². The molecule has 6 atom stereocenters. The smallest absolute Gasteiger partial charge is 0.310 e. The maximum Gasteiger partial charge on any atom is 0.310 e. The van der Waals surface area contributed by atoms with Crippen molar-refractivity contribution >= 4 is 17.8 Å². The molecule has 3 aliphatic rings. The molecule has 2 bridgehead atoms. The van der Waals surface area contributed by atoms with Crippen LogP contribution < -0.4 is 0 Å². The first-order valence-corrected chi connectivity index (χ1v) is 12.5. The largest absolute Gasteiger partial charge is 0.481 e. The van der Waals surface area contributed by atoms with Crippen LogP contribution in [0.3, 0.4) is 0 Å². The van der Waals surface area contributed by atoms with E-state index in [0.717, 1.165) is 19.3 Å². The Morgan fingerprint density at radius 1 is 1.30 bits per heavy atom. The van der Waals surface area contributed by atoms with E-state index < -0.39 is 35.0 Å². The second-order valence-corrected chi connectivity index (χ2v) is 9.90. The molecule has 3 saturated heterocycles. The highest BCUT2D eigenvalue weighted by Crippen LogP contribution is 2.64. The lowest BCUT2D eigenvalue weighted by molar-refractivity contribution is -0.158. The van der Waals surface area contributed by atoms with Crippen molar-refractivity contribution in [3.8, 4) is 0 Å². The molecular formula is C25H40N2O6. The first kappa shape index (κ1) is 25.7. The van der Waals surface area contributed by atoms with Gasteiger partial charge in [-0.05, 0) is 51.9 Å². The molecular weight excluding hydrogens is 424 g/mol. The SMILES string of the molecule is C=CCN(C(=O)C1N(CCCCCO)C(=O)[C@@H]2[C@H](C(=O)O)[C@]3(CC)CCC12O3)C(C)CCC. The summed E-state index contributed by atoms with van der Waals surface area (Å²) in [4.78, 5) is 43.6. The monoisotopic (exact) mass is 464 g/mol. The van der Waals surface area contributed by atoms with Crippen LogP contribution in [0, 0.1) is 11.8 Å². The van der Waals surface area contributed by atoms with Crippen molar-refractivity contribution in [2.45, 2.75) is 95.4 Å². The van der Waals surface area contributed by atoms with Crippen LogP contribution in [0.25, 0.3) is 0 Å². The molecule has 2 N–H and O–H groups in total. The lowest BCUT2D eigenvalue weighted by Gasteiger charge is -2.39. The van der Waals surface area contributed by atoms with Crippen molar-refractivity contribution in [3.05, 3.63) is 12.7 Å². The molecule has 186 valence electrons. The highest BCUT2D eigenvalue weighted by atomic mass is 16.5. The number of rotatable bonds is 13. The van der Waals surface area contributed by atoms with Crippen LogP contribution in [-0.2, 0) is 19.1 Å². The molecule has 8 heteroatoms. The van der Waals surface area contributed by atoms with Gasteiger partial charge in [-0.3, -0.25) is 14.4 Å². The van der Waals surface area contributed by atoms with Crippen molar-refractivity contribution in [3.63, 3.8) is 0 Å². The quantitative estimate of drug-likeness (QED) is 0.320. The van der Waals surface area contributed by atoms with Gasteiger partial charge in [0.1, 0.15) is 17.6 Å². The molecule has 0 aliphatic carbocycles. The molecule has 3 heterocycles. The fourth-order valence-electron chi connectivity index (χ4n) is 6.54. The molecule has 3 fully saturated rings. The number of amides is 2. The van der Waals surface area contributed by atoms with Crippen molar-refractivity contribution in [2.75, 3.05) is 19.7 Å². The fourth-order valence-corrected chi connectivity index (χ4v) is 6.54. The van der Waals surface area contributed by atoms with Gasteiger partial charge in [0.15, 0.2) is 0 Å². The number of ether oxygens (including phenoxy) is 1. The van der Waals surface area contributed by atoms with Crippen LogP contribution in [0.1, 0.15) is 72.1 Å². The number of carboxylic acids is 1. The topological polar surface area (TPSA) is 107 Å². The number of fused-ring (bicyclic) bond motifs is 1. The molecule has 0 aromatic carbocycles. The Morgan fingerprint density at radius 2 is 2.03 bits per heavy atom. The number of aliphatic hydroxyl groups excluding tert-OH is 1. The highest BCUT2D eigenvalue weighted by Gasteiger charge is 2.79. The normalized spacial score (nSPS) is 33.3. The van der Waals surface area contributed by atoms with E-state index in [0.29, 0.717) is 45.2 Å². The minimum absolute atomic E-state index is 0.0312. The number of likely N-dealkylation sites (tertiary alicyclic amines) is 1. The average Bonchev–Trinajstić information content (AvgIpc) is 3.38. The van der Waals surface area contributed by atoms with Gasteiger partial charge in [-0.15, -0.1) is 6.58 Å². The maximum atomic E-state index is 14.1. The summed E-state index contributed by atoms with van der Waals surface area (Å²) in [7, 11) is 0. The van der Waals surface area contributed by atoms with Crippen molar-refractivity contribution in [2.24, 2.45) is 11.8 Å². The van der Waals surface area contributed by atoms with E-state index in [4.69, 9.17) is 9.84 Å². The minimum Gasteiger partial charge on any atom is -0.481 e. The summed E-state index contributed by atoms with van der Waals surface area (Å²) in [5.74, 6) is -3.26. The lowest BCUT2D eigenvalue weighted by atomic mass is 9.65. The zero-order valence-corrected chi connectivity index (χ0v) is 20.3. The van der Waals surface area contributed by atoms with E-state index >= 15 is 0 Å². The Labute approximate surface area is 196 Å². The Kier molecular flexibility index (Phi) is 7.89. The summed E-state index contributed by atoms with van der Waals surface area (Å²) >= 11 is 0. The number of aliphatic hydroxyl groups is 1. The van der Waals surface area contributed by atoms with Gasteiger partial charge < -0.3 is 24.7 Å². The number of carbonyl (C=O) groups excluding carboxylic acids is 2. The molecule has 0 aromatic rings. The van der Waals surface area contributed by atoms with E-state index in [1.165, 1.54) is 0 Å². The molecule has 0 aromatic heterocycles. The average molecular weight is 465 g/mol. The van der Waals surface area contributed by atoms with Crippen molar-refractivity contribution in [1.82, 2.24) is 9.80 Å².